The number of rotatable bonds is 4. The lowest BCUT2D eigenvalue weighted by Gasteiger charge is -2.36. The number of halogens is 1. The fraction of sp³-hybridized carbons (Fsp3) is 0.278. The first kappa shape index (κ1) is 15.8. The van der Waals surface area contributed by atoms with Crippen molar-refractivity contribution in [3.05, 3.63) is 65.2 Å². The molecule has 0 bridgehead atoms. The highest BCUT2D eigenvalue weighted by atomic mass is 35.5. The van der Waals surface area contributed by atoms with Gasteiger partial charge in [-0.1, -0.05) is 35.9 Å². The third kappa shape index (κ3) is 4.24. The number of amides is 1. The minimum Gasteiger partial charge on any atom is -0.369 e. The molecule has 2 aromatic carbocycles. The molecule has 1 amide bonds. The molecule has 1 fully saturated rings. The van der Waals surface area contributed by atoms with Gasteiger partial charge in [0.1, 0.15) is 0 Å². The second kappa shape index (κ2) is 7.49. The second-order valence-corrected chi connectivity index (χ2v) is 6.05. The zero-order valence-corrected chi connectivity index (χ0v) is 13.7. The van der Waals surface area contributed by atoms with E-state index < -0.39 is 0 Å². The molecule has 0 saturated carbocycles. The molecule has 2 aromatic rings. The minimum atomic E-state index is -0.0251. The van der Waals surface area contributed by atoms with Gasteiger partial charge in [-0.3, -0.25) is 9.69 Å². The molecule has 1 aliphatic heterocycles. The van der Waals surface area contributed by atoms with Gasteiger partial charge in [0, 0.05) is 42.5 Å². The number of carbonyl (C=O) groups is 1. The molecule has 0 atom stereocenters. The lowest BCUT2D eigenvalue weighted by atomic mass is 10.2. The van der Waals surface area contributed by atoms with Gasteiger partial charge in [0.25, 0.3) is 5.91 Å². The molecule has 1 saturated heterocycles. The maximum absolute atomic E-state index is 12.0. The van der Waals surface area contributed by atoms with Crippen LogP contribution in [0.4, 0.5) is 5.69 Å². The Hall–Kier alpha value is -2.04. The summed E-state index contributed by atoms with van der Waals surface area (Å²) in [7, 11) is 0. The molecular weight excluding hydrogens is 310 g/mol. The van der Waals surface area contributed by atoms with E-state index in [0.29, 0.717) is 12.2 Å². The van der Waals surface area contributed by atoms with Crippen molar-refractivity contribution < 1.29 is 4.79 Å². The molecule has 0 aliphatic carbocycles. The van der Waals surface area contributed by atoms with Crippen LogP contribution >= 0.6 is 11.6 Å². The first-order chi connectivity index (χ1) is 11.2. The number of anilines is 1. The Balaban J connectivity index is 1.47. The van der Waals surface area contributed by atoms with Crippen LogP contribution in [-0.4, -0.2) is 43.7 Å². The summed E-state index contributed by atoms with van der Waals surface area (Å²) in [6.07, 6.45) is 0. The van der Waals surface area contributed by atoms with E-state index in [2.05, 4.69) is 21.2 Å². The molecule has 3 rings (SSSR count). The van der Waals surface area contributed by atoms with E-state index in [-0.39, 0.29) is 5.91 Å². The van der Waals surface area contributed by atoms with Gasteiger partial charge < -0.3 is 10.2 Å². The van der Waals surface area contributed by atoms with Crippen LogP contribution in [0.25, 0.3) is 0 Å². The third-order valence-corrected chi connectivity index (χ3v) is 4.28. The van der Waals surface area contributed by atoms with Crippen LogP contribution in [0.5, 0.6) is 0 Å². The number of benzene rings is 2. The van der Waals surface area contributed by atoms with Gasteiger partial charge in [0.15, 0.2) is 0 Å². The van der Waals surface area contributed by atoms with Gasteiger partial charge in [-0.25, -0.2) is 0 Å². The monoisotopic (exact) mass is 329 g/mol. The van der Waals surface area contributed by atoms with Crippen molar-refractivity contribution >= 4 is 23.2 Å². The first-order valence-electron chi connectivity index (χ1n) is 7.78. The van der Waals surface area contributed by atoms with E-state index in [4.69, 9.17) is 11.6 Å². The Morgan fingerprint density at radius 2 is 1.74 bits per heavy atom. The lowest BCUT2D eigenvalue weighted by Crippen LogP contribution is -2.50. The van der Waals surface area contributed by atoms with Crippen LogP contribution in [0, 0.1) is 0 Å². The van der Waals surface area contributed by atoms with Crippen molar-refractivity contribution in [2.45, 2.75) is 0 Å². The molecule has 0 radical (unpaired) electrons. The number of hydrogen-bond donors (Lipinski definition) is 1. The third-order valence-electron chi connectivity index (χ3n) is 4.04. The van der Waals surface area contributed by atoms with Crippen molar-refractivity contribution in [2.24, 2.45) is 0 Å². The summed E-state index contributed by atoms with van der Waals surface area (Å²) in [6.45, 7) is 4.28. The lowest BCUT2D eigenvalue weighted by molar-refractivity contribution is 0.0920. The highest BCUT2D eigenvalue weighted by Gasteiger charge is 2.17. The van der Waals surface area contributed by atoms with Crippen LogP contribution in [0.15, 0.2) is 54.6 Å². The summed E-state index contributed by atoms with van der Waals surface area (Å²) in [5.74, 6) is -0.0251. The molecule has 1 aliphatic rings. The molecule has 0 aromatic heterocycles. The molecule has 120 valence electrons. The molecule has 1 N–H and O–H groups in total. The summed E-state index contributed by atoms with van der Waals surface area (Å²) < 4.78 is 0. The van der Waals surface area contributed by atoms with E-state index in [1.807, 2.05) is 48.5 Å². The minimum absolute atomic E-state index is 0.0251. The zero-order chi connectivity index (χ0) is 16.1. The van der Waals surface area contributed by atoms with E-state index in [1.165, 1.54) is 0 Å². The van der Waals surface area contributed by atoms with Gasteiger partial charge in [-0.2, -0.15) is 0 Å². The normalized spacial score (nSPS) is 15.4. The predicted octanol–water partition coefficient (Wildman–Crippen LogP) is 2.85. The van der Waals surface area contributed by atoms with Crippen LogP contribution in [0.1, 0.15) is 10.4 Å². The van der Waals surface area contributed by atoms with E-state index in [1.54, 1.807) is 0 Å². The standard InChI is InChI=1S/C18H20ClN3O/c19-16-7-4-8-17(13-16)22-11-9-21(10-12-22)14-20-18(23)15-5-2-1-3-6-15/h1-8,13H,9-12,14H2,(H,20,23). The van der Waals surface area contributed by atoms with Crippen molar-refractivity contribution in [3.63, 3.8) is 0 Å². The molecule has 0 unspecified atom stereocenters. The summed E-state index contributed by atoms with van der Waals surface area (Å²) >= 11 is 6.05. The topological polar surface area (TPSA) is 35.6 Å². The fourth-order valence-corrected chi connectivity index (χ4v) is 2.90. The average Bonchev–Trinajstić information content (AvgIpc) is 2.61. The van der Waals surface area contributed by atoms with Crippen LogP contribution in [0.3, 0.4) is 0 Å². The van der Waals surface area contributed by atoms with Gasteiger partial charge in [-0.15, -0.1) is 0 Å². The number of nitrogens with one attached hydrogen (secondary N) is 1. The number of hydrogen-bond acceptors (Lipinski definition) is 3. The average molecular weight is 330 g/mol. The van der Waals surface area contributed by atoms with Crippen molar-refractivity contribution in [3.8, 4) is 0 Å². The predicted molar refractivity (Wildman–Crippen MR) is 94.0 cm³/mol. The summed E-state index contributed by atoms with van der Waals surface area (Å²) in [6, 6.07) is 17.2. The first-order valence-corrected chi connectivity index (χ1v) is 8.16. The van der Waals surface area contributed by atoms with Crippen molar-refractivity contribution in [2.75, 3.05) is 37.7 Å². The zero-order valence-electron chi connectivity index (χ0n) is 12.9. The molecule has 1 heterocycles. The molecule has 4 nitrogen and oxygen atoms in total. The Kier molecular flexibility index (Phi) is 5.16. The molecule has 23 heavy (non-hydrogen) atoms. The van der Waals surface area contributed by atoms with E-state index >= 15 is 0 Å². The molecule has 5 heteroatoms. The van der Waals surface area contributed by atoms with Gasteiger partial charge in [-0.05, 0) is 30.3 Å². The summed E-state index contributed by atoms with van der Waals surface area (Å²) in [5, 5.41) is 3.74. The summed E-state index contributed by atoms with van der Waals surface area (Å²) in [5.41, 5.74) is 1.86. The Morgan fingerprint density at radius 3 is 2.43 bits per heavy atom. The van der Waals surface area contributed by atoms with Crippen LogP contribution < -0.4 is 10.2 Å². The van der Waals surface area contributed by atoms with E-state index in [9.17, 15) is 4.79 Å². The quantitative estimate of drug-likeness (QED) is 0.937. The molecular formula is C18H20ClN3O. The second-order valence-electron chi connectivity index (χ2n) is 5.61. The largest absolute Gasteiger partial charge is 0.369 e. The maximum atomic E-state index is 12.0. The van der Waals surface area contributed by atoms with Crippen LogP contribution in [-0.2, 0) is 0 Å². The van der Waals surface area contributed by atoms with Gasteiger partial charge in [0.2, 0.25) is 0 Å². The number of nitrogens with zero attached hydrogens (tertiary/aromatic N) is 2. The van der Waals surface area contributed by atoms with Gasteiger partial charge >= 0.3 is 0 Å². The molecule has 0 spiro atoms. The van der Waals surface area contributed by atoms with E-state index in [0.717, 1.165) is 36.9 Å². The maximum Gasteiger partial charge on any atom is 0.252 e. The fourth-order valence-electron chi connectivity index (χ4n) is 2.71. The van der Waals surface area contributed by atoms with Crippen molar-refractivity contribution in [1.29, 1.82) is 0 Å². The Bertz CT molecular complexity index is 654. The van der Waals surface area contributed by atoms with Crippen LogP contribution in [0.2, 0.25) is 5.02 Å². The number of carbonyl (C=O) groups excluding carboxylic acids is 1. The SMILES string of the molecule is O=C(NCN1CCN(c2cccc(Cl)c2)CC1)c1ccccc1. The Morgan fingerprint density at radius 1 is 1.00 bits per heavy atom. The van der Waals surface area contributed by atoms with Gasteiger partial charge in [0.05, 0.1) is 6.67 Å². The summed E-state index contributed by atoms with van der Waals surface area (Å²) in [4.78, 5) is 16.6. The number of piperazine rings is 1. The highest BCUT2D eigenvalue weighted by molar-refractivity contribution is 6.30. The van der Waals surface area contributed by atoms with Crippen molar-refractivity contribution in [1.82, 2.24) is 10.2 Å². The highest BCUT2D eigenvalue weighted by Crippen LogP contribution is 2.20. The Labute approximate surface area is 141 Å². The smallest absolute Gasteiger partial charge is 0.252 e.